The van der Waals surface area contributed by atoms with E-state index in [0.29, 0.717) is 23.5 Å². The number of hydrogen-bond donors (Lipinski definition) is 1. The van der Waals surface area contributed by atoms with Gasteiger partial charge in [-0.15, -0.1) is 0 Å². The maximum Gasteiger partial charge on any atom is 0.307 e. The van der Waals surface area contributed by atoms with Gasteiger partial charge in [0.05, 0.1) is 6.42 Å². The second-order valence-corrected chi connectivity index (χ2v) is 10.2. The molecule has 0 radical (unpaired) electrons. The van der Waals surface area contributed by atoms with Crippen molar-refractivity contribution in [3.8, 4) is 0 Å². The fourth-order valence-electron chi connectivity index (χ4n) is 7.04. The number of esters is 1. The fraction of sp³-hybridized carbons (Fsp3) is 0.826. The highest BCUT2D eigenvalue weighted by Crippen LogP contribution is 2.64. The Balaban J connectivity index is 1.51. The molecule has 0 aromatic rings. The molecule has 4 aliphatic rings. The zero-order valence-corrected chi connectivity index (χ0v) is 17.1. The summed E-state index contributed by atoms with van der Waals surface area (Å²) >= 11 is 0. The third-order valence-electron chi connectivity index (χ3n) is 8.55. The number of fused-ring (bicyclic) bond motifs is 5. The van der Waals surface area contributed by atoms with E-state index in [0.717, 1.165) is 38.5 Å². The maximum atomic E-state index is 12.5. The highest BCUT2D eigenvalue weighted by atomic mass is 16.5. The molecule has 4 nitrogen and oxygen atoms in total. The van der Waals surface area contributed by atoms with Crippen LogP contribution < -0.4 is 5.73 Å². The molecule has 0 aliphatic heterocycles. The van der Waals surface area contributed by atoms with Crippen LogP contribution >= 0.6 is 0 Å². The average molecular weight is 374 g/mol. The molecule has 0 spiro atoms. The lowest BCUT2D eigenvalue weighted by Gasteiger charge is -2.57. The number of allylic oxidation sites excluding steroid dienone is 1. The molecular formula is C23H35NO3. The van der Waals surface area contributed by atoms with E-state index < -0.39 is 0 Å². The lowest BCUT2D eigenvalue weighted by atomic mass is 9.47. The number of carbonyl (C=O) groups is 2. The van der Waals surface area contributed by atoms with Gasteiger partial charge in [-0.25, -0.2) is 0 Å². The summed E-state index contributed by atoms with van der Waals surface area (Å²) in [6.07, 6.45) is 10.9. The Morgan fingerprint density at radius 2 is 1.85 bits per heavy atom. The van der Waals surface area contributed by atoms with Crippen LogP contribution in [0.1, 0.15) is 78.6 Å². The van der Waals surface area contributed by atoms with Crippen LogP contribution in [0.25, 0.3) is 0 Å². The molecule has 27 heavy (non-hydrogen) atoms. The predicted molar refractivity (Wildman–Crippen MR) is 105 cm³/mol. The molecule has 0 bridgehead atoms. The fourth-order valence-corrected chi connectivity index (χ4v) is 7.04. The summed E-state index contributed by atoms with van der Waals surface area (Å²) in [5, 5.41) is 0. The first kappa shape index (κ1) is 19.2. The summed E-state index contributed by atoms with van der Waals surface area (Å²) in [6.45, 7) is 6.52. The molecule has 2 N–H and O–H groups in total. The second kappa shape index (κ2) is 6.72. The Morgan fingerprint density at radius 1 is 1.15 bits per heavy atom. The molecule has 150 valence electrons. The second-order valence-electron chi connectivity index (χ2n) is 10.2. The van der Waals surface area contributed by atoms with Gasteiger partial charge in [-0.05, 0) is 81.1 Å². The number of ketones is 1. The smallest absolute Gasteiger partial charge is 0.307 e. The van der Waals surface area contributed by atoms with Crippen molar-refractivity contribution < 1.29 is 14.3 Å². The highest BCUT2D eigenvalue weighted by molar-refractivity contribution is 5.87. The zero-order chi connectivity index (χ0) is 19.4. The van der Waals surface area contributed by atoms with Gasteiger partial charge in [-0.3, -0.25) is 9.59 Å². The minimum Gasteiger partial charge on any atom is -0.458 e. The van der Waals surface area contributed by atoms with Gasteiger partial charge in [0.1, 0.15) is 11.9 Å². The van der Waals surface area contributed by atoms with Gasteiger partial charge in [0.15, 0.2) is 0 Å². The molecule has 0 amide bonds. The van der Waals surface area contributed by atoms with Gasteiger partial charge < -0.3 is 10.5 Å². The zero-order valence-electron chi connectivity index (χ0n) is 17.1. The quantitative estimate of drug-likeness (QED) is 0.595. The molecular weight excluding hydrogens is 338 g/mol. The molecule has 4 heteroatoms. The van der Waals surface area contributed by atoms with Crippen molar-refractivity contribution in [3.05, 3.63) is 11.6 Å². The molecule has 0 heterocycles. The Labute approximate surface area is 163 Å². The van der Waals surface area contributed by atoms with Crippen LogP contribution in [0.4, 0.5) is 0 Å². The standard InChI is InChI=1S/C23H35NO3/c1-14(24)12-21(26)27-16-8-10-22(2)15(13-16)4-5-17-18-6-7-20(25)23(18,3)11-9-19(17)22/h13-14,16-19H,4-12,24H2,1-3H3. The van der Waals surface area contributed by atoms with Crippen LogP contribution in [0.5, 0.6) is 0 Å². The van der Waals surface area contributed by atoms with Crippen molar-refractivity contribution in [1.29, 1.82) is 0 Å². The van der Waals surface area contributed by atoms with E-state index in [4.69, 9.17) is 10.5 Å². The molecule has 7 unspecified atom stereocenters. The molecule has 0 saturated heterocycles. The number of rotatable bonds is 3. The largest absolute Gasteiger partial charge is 0.458 e. The van der Waals surface area contributed by atoms with Crippen LogP contribution in [0, 0.1) is 28.6 Å². The molecule has 0 aromatic heterocycles. The minimum absolute atomic E-state index is 0.0512. The van der Waals surface area contributed by atoms with Crippen molar-refractivity contribution >= 4 is 11.8 Å². The molecule has 7 atom stereocenters. The Hall–Kier alpha value is -1.16. The summed E-state index contributed by atoms with van der Waals surface area (Å²) in [6, 6.07) is -0.153. The monoisotopic (exact) mass is 373 g/mol. The summed E-state index contributed by atoms with van der Waals surface area (Å²) < 4.78 is 5.69. The Bertz CT molecular complexity index is 669. The summed E-state index contributed by atoms with van der Waals surface area (Å²) in [7, 11) is 0. The van der Waals surface area contributed by atoms with E-state index in [1.807, 2.05) is 6.92 Å². The summed E-state index contributed by atoms with van der Waals surface area (Å²) in [5.74, 6) is 2.30. The Kier molecular flexibility index (Phi) is 4.77. The normalized spacial score (nSPS) is 44.6. The van der Waals surface area contributed by atoms with E-state index in [-0.39, 0.29) is 35.4 Å². The minimum atomic E-state index is -0.179. The van der Waals surface area contributed by atoms with Gasteiger partial charge in [0.25, 0.3) is 0 Å². The van der Waals surface area contributed by atoms with Crippen molar-refractivity contribution in [2.75, 3.05) is 0 Å². The average Bonchev–Trinajstić information content (AvgIpc) is 2.90. The third kappa shape index (κ3) is 3.08. The number of Topliss-reactive ketones (excluding diaryl/α,β-unsaturated/α-hetero) is 1. The first-order valence-corrected chi connectivity index (χ1v) is 10.9. The van der Waals surface area contributed by atoms with Crippen molar-refractivity contribution in [2.24, 2.45) is 34.3 Å². The number of hydrogen-bond acceptors (Lipinski definition) is 4. The van der Waals surface area contributed by atoms with Crippen LogP contribution in [0.3, 0.4) is 0 Å². The first-order valence-electron chi connectivity index (χ1n) is 10.9. The number of nitrogens with two attached hydrogens (primary N) is 1. The summed E-state index contributed by atoms with van der Waals surface area (Å²) in [5.41, 5.74) is 7.39. The van der Waals surface area contributed by atoms with E-state index in [9.17, 15) is 9.59 Å². The van der Waals surface area contributed by atoms with E-state index in [1.165, 1.54) is 18.4 Å². The van der Waals surface area contributed by atoms with Gasteiger partial charge in [-0.1, -0.05) is 19.4 Å². The van der Waals surface area contributed by atoms with E-state index >= 15 is 0 Å². The first-order chi connectivity index (χ1) is 12.7. The topological polar surface area (TPSA) is 69.4 Å². The maximum absolute atomic E-state index is 12.5. The van der Waals surface area contributed by atoms with Crippen LogP contribution in [0.15, 0.2) is 11.6 Å². The van der Waals surface area contributed by atoms with E-state index in [1.54, 1.807) is 0 Å². The number of carbonyl (C=O) groups excluding carboxylic acids is 2. The third-order valence-corrected chi connectivity index (χ3v) is 8.55. The highest BCUT2D eigenvalue weighted by Gasteiger charge is 2.58. The van der Waals surface area contributed by atoms with E-state index in [2.05, 4.69) is 19.9 Å². The summed E-state index contributed by atoms with van der Waals surface area (Å²) in [4.78, 5) is 24.5. The lowest BCUT2D eigenvalue weighted by Crippen LogP contribution is -2.50. The molecule has 3 saturated carbocycles. The number of ether oxygens (including phenoxy) is 1. The predicted octanol–water partition coefficient (Wildman–Crippen LogP) is 4.17. The SMILES string of the molecule is CC(N)CC(=O)OC1C=C2CCC3C4CCC(=O)C4(C)CCC3C2(C)CC1. The molecule has 0 aromatic carbocycles. The van der Waals surface area contributed by atoms with Gasteiger partial charge >= 0.3 is 5.97 Å². The van der Waals surface area contributed by atoms with Crippen molar-refractivity contribution in [1.82, 2.24) is 0 Å². The molecule has 3 fully saturated rings. The van der Waals surface area contributed by atoms with Gasteiger partial charge in [0, 0.05) is 17.9 Å². The van der Waals surface area contributed by atoms with Crippen LogP contribution in [-0.4, -0.2) is 23.9 Å². The lowest BCUT2D eigenvalue weighted by molar-refractivity contribution is -0.148. The van der Waals surface area contributed by atoms with Gasteiger partial charge in [0.2, 0.25) is 0 Å². The van der Waals surface area contributed by atoms with Crippen molar-refractivity contribution in [2.45, 2.75) is 90.7 Å². The van der Waals surface area contributed by atoms with Crippen LogP contribution in [0.2, 0.25) is 0 Å². The van der Waals surface area contributed by atoms with Gasteiger partial charge in [-0.2, -0.15) is 0 Å². The van der Waals surface area contributed by atoms with Crippen LogP contribution in [-0.2, 0) is 14.3 Å². The molecule has 4 rings (SSSR count). The molecule has 4 aliphatic carbocycles. The van der Waals surface area contributed by atoms with Crippen molar-refractivity contribution in [3.63, 3.8) is 0 Å². The Morgan fingerprint density at radius 3 is 2.59 bits per heavy atom.